The first-order valence-electron chi connectivity index (χ1n) is 13.8. The molecule has 2 fully saturated rings. The fraction of sp³-hybridized carbons (Fsp3) is 0.852. The quantitative estimate of drug-likeness (QED) is 0.152. The number of nitrogens with one attached hydrogen (secondary N) is 1. The number of rotatable bonds is 15. The molecule has 11 nitrogen and oxygen atoms in total. The number of unbranched alkanes of at least 4 members (excludes halogenated alkanes) is 3. The average molecular weight is 576 g/mol. The fourth-order valence-corrected chi connectivity index (χ4v) is 6.70. The lowest BCUT2D eigenvalue weighted by Gasteiger charge is -2.45. The number of ether oxygens (including phenoxy) is 1. The molecule has 1 amide bonds. The number of amides is 1. The second kappa shape index (κ2) is 15.4. The summed E-state index contributed by atoms with van der Waals surface area (Å²) in [5.74, 6) is -2.46. The van der Waals surface area contributed by atoms with Crippen molar-refractivity contribution in [2.24, 2.45) is 23.7 Å². The van der Waals surface area contributed by atoms with E-state index in [2.05, 4.69) is 5.32 Å². The third kappa shape index (κ3) is 9.22. The zero-order valence-electron chi connectivity index (χ0n) is 23.1. The number of aliphatic hydroxyl groups is 4. The lowest BCUT2D eigenvalue weighted by atomic mass is 9.72. The van der Waals surface area contributed by atoms with Crippen LogP contribution in [0.15, 0.2) is 0 Å². The summed E-state index contributed by atoms with van der Waals surface area (Å²) in [6.07, 6.45) is -1.07. The van der Waals surface area contributed by atoms with E-state index in [1.807, 2.05) is 0 Å². The van der Waals surface area contributed by atoms with Gasteiger partial charge in [-0.3, -0.25) is 14.4 Å². The number of carboxylic acids is 1. The highest BCUT2D eigenvalue weighted by Gasteiger charge is 2.53. The molecule has 6 N–H and O–H groups in total. The van der Waals surface area contributed by atoms with E-state index in [0.717, 1.165) is 31.0 Å². The third-order valence-electron chi connectivity index (χ3n) is 8.11. The highest BCUT2D eigenvalue weighted by Crippen LogP contribution is 2.42. The Morgan fingerprint density at radius 2 is 1.54 bits per heavy atom. The lowest BCUT2D eigenvalue weighted by molar-refractivity contribution is -0.212. The van der Waals surface area contributed by atoms with Gasteiger partial charge >= 0.3 is 5.97 Å². The van der Waals surface area contributed by atoms with Crippen LogP contribution in [0.1, 0.15) is 72.1 Å². The van der Waals surface area contributed by atoms with Crippen LogP contribution in [0.25, 0.3) is 0 Å². The van der Waals surface area contributed by atoms with E-state index in [9.17, 15) is 39.6 Å². The van der Waals surface area contributed by atoms with Gasteiger partial charge in [-0.15, -0.1) is 11.8 Å². The summed E-state index contributed by atoms with van der Waals surface area (Å²) >= 11 is 1.03. The largest absolute Gasteiger partial charge is 0.478 e. The van der Waals surface area contributed by atoms with Crippen molar-refractivity contribution in [1.82, 2.24) is 5.32 Å². The second-order valence-corrected chi connectivity index (χ2v) is 12.4. The standard InChI is InChI=1S/C27H45NO10S/c1-15-21(32)13-27(26(36)37,38-24(15)23(34)22(33)14-29)39-9-7-5-4-6-8-28-25(35)20-11-18(16(2)30)10-19(12-20)17(3)31/h15,18-24,29,32-34H,4-14H2,1-3H3,(H,28,35)(H,36,37)/t15-,18-,19+,20?,21+,22-,23-,24?,27+/m1/s1. The number of thioether (sulfide) groups is 1. The molecule has 1 aliphatic carbocycles. The Kier molecular flexibility index (Phi) is 13.3. The highest BCUT2D eigenvalue weighted by atomic mass is 32.2. The molecule has 1 heterocycles. The summed E-state index contributed by atoms with van der Waals surface area (Å²) in [6, 6.07) is 0. The van der Waals surface area contributed by atoms with Crippen molar-refractivity contribution in [3.8, 4) is 0 Å². The molecule has 0 aromatic carbocycles. The number of ketones is 2. The minimum atomic E-state index is -1.78. The number of Topliss-reactive ketones (excluding diaryl/α,β-unsaturated/α-hetero) is 2. The molecule has 0 aromatic heterocycles. The van der Waals surface area contributed by atoms with Crippen molar-refractivity contribution in [3.63, 3.8) is 0 Å². The molecular formula is C27H45NO10S. The minimum Gasteiger partial charge on any atom is -0.478 e. The van der Waals surface area contributed by atoms with Gasteiger partial charge in [0.2, 0.25) is 10.8 Å². The van der Waals surface area contributed by atoms with Crippen LogP contribution in [-0.4, -0.2) is 97.2 Å². The number of aliphatic carboxylic acids is 1. The van der Waals surface area contributed by atoms with E-state index in [4.69, 9.17) is 9.84 Å². The van der Waals surface area contributed by atoms with E-state index < -0.39 is 47.8 Å². The van der Waals surface area contributed by atoms with Gasteiger partial charge in [-0.1, -0.05) is 19.8 Å². The SMILES string of the molecule is CC(=O)[C@@H]1CC(C(=O)NCCCCCCS[C@]2(C(=O)O)C[C@H](O)[C@@H](C)C([C@H](O)[C@H](O)CO)O2)C[C@H](C(C)=O)C1. The molecule has 0 aromatic rings. The Bertz CT molecular complexity index is 834. The molecule has 39 heavy (non-hydrogen) atoms. The number of carbonyl (C=O) groups excluding carboxylic acids is 3. The monoisotopic (exact) mass is 575 g/mol. The first-order valence-corrected chi connectivity index (χ1v) is 14.8. The summed E-state index contributed by atoms with van der Waals surface area (Å²) in [4.78, 5) is 46.7. The number of hydrogen-bond acceptors (Lipinski definition) is 10. The molecule has 2 aliphatic rings. The van der Waals surface area contributed by atoms with Crippen LogP contribution >= 0.6 is 11.8 Å². The summed E-state index contributed by atoms with van der Waals surface area (Å²) in [5, 5.41) is 52.6. The highest BCUT2D eigenvalue weighted by molar-refractivity contribution is 8.01. The number of hydrogen-bond donors (Lipinski definition) is 6. The lowest BCUT2D eigenvalue weighted by Crippen LogP contribution is -2.59. The smallest absolute Gasteiger partial charge is 0.346 e. The van der Waals surface area contributed by atoms with E-state index >= 15 is 0 Å². The normalized spacial score (nSPS) is 32.7. The molecule has 2 rings (SSSR count). The van der Waals surface area contributed by atoms with Gasteiger partial charge in [-0.05, 0) is 51.7 Å². The maximum Gasteiger partial charge on any atom is 0.346 e. The van der Waals surface area contributed by atoms with E-state index in [1.165, 1.54) is 13.8 Å². The Labute approximate surface area is 234 Å². The Morgan fingerprint density at radius 3 is 2.08 bits per heavy atom. The first kappa shape index (κ1) is 33.6. The summed E-state index contributed by atoms with van der Waals surface area (Å²) in [6.45, 7) is 4.35. The van der Waals surface area contributed by atoms with Crippen LogP contribution in [0, 0.1) is 23.7 Å². The summed E-state index contributed by atoms with van der Waals surface area (Å²) in [7, 11) is 0. The number of carboxylic acid groups (broad SMARTS) is 1. The van der Waals surface area contributed by atoms with Crippen LogP contribution in [0.4, 0.5) is 0 Å². The predicted molar refractivity (Wildman–Crippen MR) is 144 cm³/mol. The van der Waals surface area contributed by atoms with E-state index in [0.29, 0.717) is 38.0 Å². The minimum absolute atomic E-state index is 0.0124. The predicted octanol–water partition coefficient (Wildman–Crippen LogP) is 0.888. The van der Waals surface area contributed by atoms with Crippen molar-refractivity contribution < 1.29 is 49.4 Å². The van der Waals surface area contributed by atoms with Crippen molar-refractivity contribution in [2.45, 2.75) is 101 Å². The van der Waals surface area contributed by atoms with Crippen molar-refractivity contribution in [1.29, 1.82) is 0 Å². The molecule has 224 valence electrons. The van der Waals surface area contributed by atoms with Crippen LogP contribution < -0.4 is 5.32 Å². The third-order valence-corrected chi connectivity index (χ3v) is 9.50. The van der Waals surface area contributed by atoms with Crippen LogP contribution in [-0.2, 0) is 23.9 Å². The van der Waals surface area contributed by atoms with Crippen molar-refractivity contribution in [3.05, 3.63) is 0 Å². The second-order valence-electron chi connectivity index (χ2n) is 11.1. The van der Waals surface area contributed by atoms with Gasteiger partial charge in [0.25, 0.3) is 0 Å². The van der Waals surface area contributed by atoms with Gasteiger partial charge in [0.05, 0.1) is 18.8 Å². The Balaban J connectivity index is 1.76. The number of aliphatic hydroxyl groups excluding tert-OH is 4. The molecule has 0 spiro atoms. The maximum atomic E-state index is 12.7. The fourth-order valence-electron chi connectivity index (χ4n) is 5.43. The first-order chi connectivity index (χ1) is 18.3. The summed E-state index contributed by atoms with van der Waals surface area (Å²) < 4.78 is 5.77. The van der Waals surface area contributed by atoms with Gasteiger partial charge < -0.3 is 35.6 Å². The Morgan fingerprint density at radius 1 is 0.974 bits per heavy atom. The zero-order valence-corrected chi connectivity index (χ0v) is 23.9. The van der Waals surface area contributed by atoms with Crippen LogP contribution in [0.2, 0.25) is 0 Å². The topological polar surface area (TPSA) is 191 Å². The average Bonchev–Trinajstić information content (AvgIpc) is 2.90. The molecule has 0 bridgehead atoms. The van der Waals surface area contributed by atoms with Gasteiger partial charge in [0.1, 0.15) is 23.8 Å². The molecule has 2 unspecified atom stereocenters. The van der Waals surface area contributed by atoms with Crippen LogP contribution in [0.5, 0.6) is 0 Å². The van der Waals surface area contributed by atoms with Gasteiger partial charge in [-0.2, -0.15) is 0 Å². The molecule has 1 saturated carbocycles. The number of carbonyl (C=O) groups is 4. The van der Waals surface area contributed by atoms with Crippen molar-refractivity contribution >= 4 is 35.2 Å². The molecule has 0 radical (unpaired) electrons. The van der Waals surface area contributed by atoms with Gasteiger partial charge in [0.15, 0.2) is 0 Å². The molecule has 12 heteroatoms. The van der Waals surface area contributed by atoms with Crippen LogP contribution in [0.3, 0.4) is 0 Å². The maximum absolute atomic E-state index is 12.7. The Hall–Kier alpha value is -1.57. The van der Waals surface area contributed by atoms with E-state index in [1.54, 1.807) is 6.92 Å². The van der Waals surface area contributed by atoms with E-state index in [-0.39, 0.29) is 41.6 Å². The molecule has 1 aliphatic heterocycles. The molecule has 1 saturated heterocycles. The van der Waals surface area contributed by atoms with Crippen molar-refractivity contribution in [2.75, 3.05) is 18.9 Å². The van der Waals surface area contributed by atoms with Gasteiger partial charge in [-0.25, -0.2) is 4.79 Å². The van der Waals surface area contributed by atoms with Gasteiger partial charge in [0, 0.05) is 36.6 Å². The molecule has 9 atom stereocenters. The summed E-state index contributed by atoms with van der Waals surface area (Å²) in [5.41, 5.74) is 0. The molecular weight excluding hydrogens is 530 g/mol. The zero-order chi connectivity index (χ0) is 29.3.